The van der Waals surface area contributed by atoms with E-state index in [0.29, 0.717) is 24.6 Å². The predicted octanol–water partition coefficient (Wildman–Crippen LogP) is 0.910. The van der Waals surface area contributed by atoms with Gasteiger partial charge in [0.05, 0.1) is 11.4 Å². The average molecular weight is 297 g/mol. The van der Waals surface area contributed by atoms with Crippen LogP contribution in [0.25, 0.3) is 0 Å². The van der Waals surface area contributed by atoms with Gasteiger partial charge in [-0.3, -0.25) is 0 Å². The molecule has 0 bridgehead atoms. The van der Waals surface area contributed by atoms with Crippen LogP contribution in [0, 0.1) is 11.3 Å². The molecule has 2 aliphatic heterocycles. The van der Waals surface area contributed by atoms with Crippen molar-refractivity contribution in [2.45, 2.75) is 0 Å². The number of benzene rings is 1. The summed E-state index contributed by atoms with van der Waals surface area (Å²) in [6.45, 7) is 3.01. The van der Waals surface area contributed by atoms with E-state index in [2.05, 4.69) is 15.6 Å². The molecule has 0 spiro atoms. The number of hydrogen-bond donors (Lipinski definition) is 3. The number of piperazine rings is 1. The van der Waals surface area contributed by atoms with Crippen molar-refractivity contribution in [1.29, 1.82) is 5.26 Å². The molecule has 1 saturated heterocycles. The number of hydrogen-bond acceptors (Lipinski definition) is 6. The van der Waals surface area contributed by atoms with Gasteiger partial charge in [-0.25, -0.2) is 9.79 Å². The fraction of sp³-hybridized carbons (Fsp3) is 0.267. The highest BCUT2D eigenvalue weighted by Crippen LogP contribution is 2.32. The number of fused-ring (bicyclic) bond motifs is 1. The summed E-state index contributed by atoms with van der Waals surface area (Å²) in [6, 6.07) is 9.14. The van der Waals surface area contributed by atoms with Gasteiger partial charge < -0.3 is 20.6 Å². The third-order valence-corrected chi connectivity index (χ3v) is 3.61. The fourth-order valence-corrected chi connectivity index (χ4v) is 2.53. The van der Waals surface area contributed by atoms with Crippen molar-refractivity contribution in [3.8, 4) is 6.07 Å². The molecule has 2 aliphatic rings. The molecular weight excluding hydrogens is 282 g/mol. The molecule has 22 heavy (non-hydrogen) atoms. The molecule has 7 heteroatoms. The van der Waals surface area contributed by atoms with Gasteiger partial charge in [-0.1, -0.05) is 12.1 Å². The minimum Gasteiger partial charge on any atom is -0.477 e. The minimum absolute atomic E-state index is 0.260. The highest BCUT2D eigenvalue weighted by atomic mass is 16.4. The Morgan fingerprint density at radius 3 is 2.73 bits per heavy atom. The van der Waals surface area contributed by atoms with Crippen molar-refractivity contribution in [2.75, 3.05) is 31.5 Å². The third kappa shape index (κ3) is 2.52. The van der Waals surface area contributed by atoms with Crippen LogP contribution in [-0.2, 0) is 4.79 Å². The Morgan fingerprint density at radius 1 is 1.32 bits per heavy atom. The smallest absolute Gasteiger partial charge is 0.348 e. The van der Waals surface area contributed by atoms with E-state index in [0.717, 1.165) is 18.8 Å². The van der Waals surface area contributed by atoms with Gasteiger partial charge in [0.2, 0.25) is 0 Å². The molecule has 0 atom stereocenters. The van der Waals surface area contributed by atoms with Crippen LogP contribution in [0.3, 0.4) is 0 Å². The predicted molar refractivity (Wildman–Crippen MR) is 81.9 cm³/mol. The van der Waals surface area contributed by atoms with Gasteiger partial charge >= 0.3 is 5.97 Å². The van der Waals surface area contributed by atoms with Crippen LogP contribution in [0.4, 0.5) is 11.4 Å². The number of nitrogens with zero attached hydrogens (tertiary/aromatic N) is 3. The van der Waals surface area contributed by atoms with Crippen molar-refractivity contribution < 1.29 is 9.90 Å². The number of amidine groups is 1. The lowest BCUT2D eigenvalue weighted by atomic mass is 10.1. The molecular formula is C15H15N5O2. The summed E-state index contributed by atoms with van der Waals surface area (Å²) < 4.78 is 0. The van der Waals surface area contributed by atoms with Crippen molar-refractivity contribution in [2.24, 2.45) is 4.99 Å². The first-order valence-electron chi connectivity index (χ1n) is 6.99. The second-order valence-electron chi connectivity index (χ2n) is 4.98. The zero-order chi connectivity index (χ0) is 15.5. The number of carboxylic acids is 1. The molecule has 112 valence electrons. The van der Waals surface area contributed by atoms with Crippen molar-refractivity contribution in [3.63, 3.8) is 0 Å². The highest BCUT2D eigenvalue weighted by Gasteiger charge is 2.28. The molecule has 0 aliphatic carbocycles. The van der Waals surface area contributed by atoms with Gasteiger partial charge in [-0.05, 0) is 12.1 Å². The maximum Gasteiger partial charge on any atom is 0.348 e. The van der Waals surface area contributed by atoms with Crippen LogP contribution < -0.4 is 10.6 Å². The minimum atomic E-state index is -1.26. The molecule has 1 aromatic rings. The maximum atomic E-state index is 11.4. The first-order chi connectivity index (χ1) is 10.7. The maximum absolute atomic E-state index is 11.4. The quantitative estimate of drug-likeness (QED) is 0.526. The normalized spacial score (nSPS) is 19.4. The summed E-state index contributed by atoms with van der Waals surface area (Å²) in [5.41, 5.74) is 1.37. The Kier molecular flexibility index (Phi) is 3.76. The van der Waals surface area contributed by atoms with Gasteiger partial charge in [0.1, 0.15) is 11.8 Å². The molecule has 0 amide bonds. The van der Waals surface area contributed by atoms with Crippen LogP contribution in [0.2, 0.25) is 0 Å². The number of rotatable bonds is 1. The molecule has 7 nitrogen and oxygen atoms in total. The second-order valence-corrected chi connectivity index (χ2v) is 4.98. The van der Waals surface area contributed by atoms with Crippen LogP contribution in [0.1, 0.15) is 0 Å². The molecule has 2 heterocycles. The van der Waals surface area contributed by atoms with E-state index in [9.17, 15) is 15.2 Å². The number of anilines is 1. The molecule has 0 saturated carbocycles. The molecule has 1 aromatic carbocycles. The van der Waals surface area contributed by atoms with E-state index in [-0.39, 0.29) is 11.3 Å². The summed E-state index contributed by atoms with van der Waals surface area (Å²) >= 11 is 0. The standard InChI is InChI=1S/C15H15N5O2/c16-9-10(15(21)22)13-14(20-7-5-17-6-8-20)19-12-4-2-1-3-11(12)18-13/h1-4,17-18H,5-8H2,(H,21,22)/b13-10-. The summed E-state index contributed by atoms with van der Waals surface area (Å²) in [7, 11) is 0. The zero-order valence-corrected chi connectivity index (χ0v) is 11.8. The van der Waals surface area contributed by atoms with Crippen LogP contribution in [-0.4, -0.2) is 48.0 Å². The summed E-state index contributed by atoms with van der Waals surface area (Å²) in [5.74, 6) is -0.744. The Hall–Kier alpha value is -2.85. The van der Waals surface area contributed by atoms with Crippen LogP contribution in [0.5, 0.6) is 0 Å². The topological polar surface area (TPSA) is 101 Å². The molecule has 3 N–H and O–H groups in total. The molecule has 1 fully saturated rings. The number of aliphatic carboxylic acids is 1. The Labute approximate surface area is 127 Å². The number of nitrogens with one attached hydrogen (secondary N) is 2. The first-order valence-corrected chi connectivity index (χ1v) is 6.99. The average Bonchev–Trinajstić information content (AvgIpc) is 2.55. The molecule has 0 radical (unpaired) electrons. The number of carbonyl (C=O) groups is 1. The third-order valence-electron chi connectivity index (χ3n) is 3.61. The summed E-state index contributed by atoms with van der Waals surface area (Å²) in [5, 5.41) is 24.8. The van der Waals surface area contributed by atoms with E-state index in [1.807, 2.05) is 29.2 Å². The summed E-state index contributed by atoms with van der Waals surface area (Å²) in [4.78, 5) is 17.9. The molecule has 0 aromatic heterocycles. The van der Waals surface area contributed by atoms with Gasteiger partial charge in [-0.15, -0.1) is 0 Å². The Balaban J connectivity index is 2.13. The Morgan fingerprint density at radius 2 is 2.05 bits per heavy atom. The van der Waals surface area contributed by atoms with Crippen molar-refractivity contribution >= 4 is 23.2 Å². The number of para-hydroxylation sites is 2. The van der Waals surface area contributed by atoms with Crippen molar-refractivity contribution in [3.05, 3.63) is 35.5 Å². The first kappa shape index (κ1) is 14.1. The van der Waals surface area contributed by atoms with Gasteiger partial charge in [0.15, 0.2) is 11.4 Å². The van der Waals surface area contributed by atoms with Gasteiger partial charge in [0, 0.05) is 26.2 Å². The summed E-state index contributed by atoms with van der Waals surface area (Å²) in [6.07, 6.45) is 0. The number of carboxylic acid groups (broad SMARTS) is 1. The van der Waals surface area contributed by atoms with Crippen LogP contribution in [0.15, 0.2) is 40.5 Å². The van der Waals surface area contributed by atoms with E-state index < -0.39 is 5.97 Å². The van der Waals surface area contributed by atoms with E-state index >= 15 is 0 Å². The van der Waals surface area contributed by atoms with Crippen molar-refractivity contribution in [1.82, 2.24) is 10.2 Å². The zero-order valence-electron chi connectivity index (χ0n) is 11.8. The van der Waals surface area contributed by atoms with E-state index in [1.165, 1.54) is 0 Å². The lowest BCUT2D eigenvalue weighted by molar-refractivity contribution is -0.132. The van der Waals surface area contributed by atoms with Gasteiger partial charge in [-0.2, -0.15) is 5.26 Å². The molecule has 3 rings (SSSR count). The van der Waals surface area contributed by atoms with E-state index in [4.69, 9.17) is 0 Å². The number of nitriles is 1. The highest BCUT2D eigenvalue weighted by molar-refractivity contribution is 6.12. The lowest BCUT2D eigenvalue weighted by Crippen LogP contribution is -2.48. The van der Waals surface area contributed by atoms with E-state index in [1.54, 1.807) is 6.07 Å². The molecule has 0 unspecified atom stereocenters. The second kappa shape index (κ2) is 5.87. The fourth-order valence-electron chi connectivity index (χ4n) is 2.53. The Bertz CT molecular complexity index is 711. The van der Waals surface area contributed by atoms with Crippen LogP contribution >= 0.6 is 0 Å². The number of aliphatic imine (C=N–C) groups is 1. The largest absolute Gasteiger partial charge is 0.477 e. The monoisotopic (exact) mass is 297 g/mol. The lowest BCUT2D eigenvalue weighted by Gasteiger charge is -2.33. The SMILES string of the molecule is N#C/C(C(=O)O)=C1/Nc2ccccc2N=C1N1CCNCC1. The van der Waals surface area contributed by atoms with Gasteiger partial charge in [0.25, 0.3) is 0 Å².